The Bertz CT molecular complexity index is 774. The predicted octanol–water partition coefficient (Wildman–Crippen LogP) is 3.79. The molecule has 3 rings (SSSR count). The molecule has 6 heteroatoms. The first-order chi connectivity index (χ1) is 10.1. The van der Waals surface area contributed by atoms with Gasteiger partial charge in [-0.2, -0.15) is 5.10 Å². The molecule has 0 aliphatic heterocycles. The molecule has 0 spiro atoms. The number of anilines is 1. The number of hydrogen-bond acceptors (Lipinski definition) is 3. The van der Waals surface area contributed by atoms with Crippen molar-refractivity contribution in [3.8, 4) is 5.69 Å². The molecular formula is C15H12BrN3O2. The fourth-order valence-corrected chi connectivity index (χ4v) is 2.24. The molecule has 0 aliphatic carbocycles. The van der Waals surface area contributed by atoms with Crippen LogP contribution in [0.5, 0.6) is 0 Å². The number of carbonyl (C=O) groups is 1. The van der Waals surface area contributed by atoms with Crippen molar-refractivity contribution >= 4 is 27.5 Å². The Balaban J connectivity index is 1.76. The maximum absolute atomic E-state index is 12.1. The van der Waals surface area contributed by atoms with E-state index >= 15 is 0 Å². The van der Waals surface area contributed by atoms with Crippen molar-refractivity contribution in [3.63, 3.8) is 0 Å². The van der Waals surface area contributed by atoms with Gasteiger partial charge in [-0.25, -0.2) is 4.68 Å². The van der Waals surface area contributed by atoms with E-state index in [1.807, 2.05) is 30.5 Å². The molecule has 106 valence electrons. The van der Waals surface area contributed by atoms with Crippen LogP contribution in [-0.4, -0.2) is 15.7 Å². The molecule has 1 amide bonds. The van der Waals surface area contributed by atoms with E-state index in [2.05, 4.69) is 26.3 Å². The Morgan fingerprint density at radius 2 is 2.05 bits per heavy atom. The van der Waals surface area contributed by atoms with Gasteiger partial charge in [0, 0.05) is 11.9 Å². The second-order valence-corrected chi connectivity index (χ2v) is 5.41. The number of amides is 1. The van der Waals surface area contributed by atoms with Gasteiger partial charge in [-0.15, -0.1) is 0 Å². The molecule has 0 bridgehead atoms. The highest BCUT2D eigenvalue weighted by Crippen LogP contribution is 2.17. The van der Waals surface area contributed by atoms with Crippen molar-refractivity contribution in [1.82, 2.24) is 9.78 Å². The predicted molar refractivity (Wildman–Crippen MR) is 82.7 cm³/mol. The van der Waals surface area contributed by atoms with Crippen molar-refractivity contribution in [2.75, 3.05) is 5.32 Å². The van der Waals surface area contributed by atoms with Crippen LogP contribution in [0.15, 0.2) is 57.9 Å². The Kier molecular flexibility index (Phi) is 3.62. The maximum atomic E-state index is 12.1. The number of aromatic nitrogens is 2. The molecule has 2 heterocycles. The summed E-state index contributed by atoms with van der Waals surface area (Å²) < 4.78 is 7.78. The van der Waals surface area contributed by atoms with Crippen LogP contribution in [0, 0.1) is 6.92 Å². The van der Waals surface area contributed by atoms with Gasteiger partial charge in [-0.1, -0.05) is 0 Å². The minimum atomic E-state index is -0.184. The zero-order valence-electron chi connectivity index (χ0n) is 11.2. The van der Waals surface area contributed by atoms with Gasteiger partial charge >= 0.3 is 0 Å². The normalized spacial score (nSPS) is 10.6. The molecule has 0 atom stereocenters. The van der Waals surface area contributed by atoms with Crippen molar-refractivity contribution < 1.29 is 9.21 Å². The molecule has 1 N–H and O–H groups in total. The van der Waals surface area contributed by atoms with Gasteiger partial charge in [-0.05, 0) is 53.2 Å². The van der Waals surface area contributed by atoms with Crippen molar-refractivity contribution in [3.05, 3.63) is 64.8 Å². The number of halogens is 1. The van der Waals surface area contributed by atoms with E-state index in [1.54, 1.807) is 23.9 Å². The van der Waals surface area contributed by atoms with E-state index in [9.17, 15) is 4.79 Å². The first-order valence-electron chi connectivity index (χ1n) is 6.29. The second kappa shape index (κ2) is 5.57. The monoisotopic (exact) mass is 345 g/mol. The minimum Gasteiger partial charge on any atom is -0.469 e. The summed E-state index contributed by atoms with van der Waals surface area (Å²) in [5.41, 5.74) is 2.17. The van der Waals surface area contributed by atoms with E-state index in [4.69, 9.17) is 4.42 Å². The number of benzene rings is 1. The zero-order chi connectivity index (χ0) is 14.8. The summed E-state index contributed by atoms with van der Waals surface area (Å²) in [6, 6.07) is 9.09. The lowest BCUT2D eigenvalue weighted by Gasteiger charge is -2.06. The molecule has 0 radical (unpaired) electrons. The summed E-state index contributed by atoms with van der Waals surface area (Å²) in [6.45, 7) is 1.76. The Hall–Kier alpha value is -2.34. The van der Waals surface area contributed by atoms with Gasteiger partial charge in [0.2, 0.25) is 0 Å². The van der Waals surface area contributed by atoms with Crippen LogP contribution in [-0.2, 0) is 0 Å². The third-order valence-electron chi connectivity index (χ3n) is 3.04. The number of rotatable bonds is 3. The van der Waals surface area contributed by atoms with Gasteiger partial charge in [0.25, 0.3) is 5.91 Å². The Morgan fingerprint density at radius 3 is 2.62 bits per heavy atom. The second-order valence-electron chi connectivity index (χ2n) is 4.49. The molecule has 0 fully saturated rings. The number of carbonyl (C=O) groups excluding carboxylic acids is 1. The molecule has 21 heavy (non-hydrogen) atoms. The van der Waals surface area contributed by atoms with Crippen molar-refractivity contribution in [2.45, 2.75) is 6.92 Å². The van der Waals surface area contributed by atoms with Gasteiger partial charge in [-0.3, -0.25) is 4.79 Å². The highest BCUT2D eigenvalue weighted by Gasteiger charge is 2.11. The zero-order valence-corrected chi connectivity index (χ0v) is 12.8. The van der Waals surface area contributed by atoms with Gasteiger partial charge in [0.05, 0.1) is 28.2 Å². The Morgan fingerprint density at radius 1 is 1.29 bits per heavy atom. The molecule has 0 aliphatic rings. The quantitative estimate of drug-likeness (QED) is 0.785. The van der Waals surface area contributed by atoms with Crippen LogP contribution in [0.4, 0.5) is 5.69 Å². The molecule has 1 aromatic carbocycles. The van der Waals surface area contributed by atoms with Gasteiger partial charge < -0.3 is 9.73 Å². The van der Waals surface area contributed by atoms with Crippen LogP contribution in [0.3, 0.4) is 0 Å². The SMILES string of the molecule is Cc1occc1C(=O)Nc1ccc(-n2cc(Br)cn2)cc1. The third-order valence-corrected chi connectivity index (χ3v) is 3.45. The van der Waals surface area contributed by atoms with E-state index in [-0.39, 0.29) is 5.91 Å². The lowest BCUT2D eigenvalue weighted by molar-refractivity contribution is 0.102. The van der Waals surface area contributed by atoms with E-state index < -0.39 is 0 Å². The lowest BCUT2D eigenvalue weighted by Crippen LogP contribution is -2.12. The first kappa shape index (κ1) is 13.6. The van der Waals surface area contributed by atoms with Crippen LogP contribution >= 0.6 is 15.9 Å². The van der Waals surface area contributed by atoms with Crippen LogP contribution in [0.1, 0.15) is 16.1 Å². The fraction of sp³-hybridized carbons (Fsp3) is 0.0667. The number of nitrogens with zero attached hydrogens (tertiary/aromatic N) is 2. The van der Waals surface area contributed by atoms with Crippen molar-refractivity contribution in [1.29, 1.82) is 0 Å². The molecule has 0 unspecified atom stereocenters. The largest absolute Gasteiger partial charge is 0.469 e. The molecular weight excluding hydrogens is 334 g/mol. The smallest absolute Gasteiger partial charge is 0.259 e. The van der Waals surface area contributed by atoms with Crippen LogP contribution < -0.4 is 5.32 Å². The van der Waals surface area contributed by atoms with E-state index in [0.717, 1.165) is 15.8 Å². The maximum Gasteiger partial charge on any atom is 0.259 e. The highest BCUT2D eigenvalue weighted by molar-refractivity contribution is 9.10. The summed E-state index contributed by atoms with van der Waals surface area (Å²) in [4.78, 5) is 12.1. The average molecular weight is 346 g/mol. The van der Waals surface area contributed by atoms with Gasteiger partial charge in [0.1, 0.15) is 5.76 Å². The Labute approximate surface area is 129 Å². The minimum absolute atomic E-state index is 0.184. The summed E-state index contributed by atoms with van der Waals surface area (Å²) in [5.74, 6) is 0.418. The lowest BCUT2D eigenvalue weighted by atomic mass is 10.2. The topological polar surface area (TPSA) is 60.1 Å². The fourth-order valence-electron chi connectivity index (χ4n) is 1.96. The van der Waals surface area contributed by atoms with Gasteiger partial charge in [0.15, 0.2) is 0 Å². The van der Waals surface area contributed by atoms with Crippen LogP contribution in [0.2, 0.25) is 0 Å². The van der Waals surface area contributed by atoms with E-state index in [1.165, 1.54) is 6.26 Å². The molecule has 3 aromatic rings. The summed E-state index contributed by atoms with van der Waals surface area (Å²) in [6.07, 6.45) is 5.09. The summed E-state index contributed by atoms with van der Waals surface area (Å²) in [7, 11) is 0. The standard InChI is InChI=1S/C15H12BrN3O2/c1-10-14(6-7-21-10)15(20)18-12-2-4-13(5-3-12)19-9-11(16)8-17-19/h2-9H,1H3,(H,18,20). The highest BCUT2D eigenvalue weighted by atomic mass is 79.9. The molecule has 0 saturated heterocycles. The third kappa shape index (κ3) is 2.90. The average Bonchev–Trinajstić information content (AvgIpc) is 3.08. The van der Waals surface area contributed by atoms with E-state index in [0.29, 0.717) is 11.3 Å². The number of nitrogens with one attached hydrogen (secondary N) is 1. The van der Waals surface area contributed by atoms with Crippen LogP contribution in [0.25, 0.3) is 5.69 Å². The molecule has 0 saturated carbocycles. The number of aryl methyl sites for hydroxylation is 1. The molecule has 5 nitrogen and oxygen atoms in total. The summed E-state index contributed by atoms with van der Waals surface area (Å²) in [5, 5.41) is 7.03. The number of hydrogen-bond donors (Lipinski definition) is 1. The number of furan rings is 1. The first-order valence-corrected chi connectivity index (χ1v) is 7.09. The molecule has 2 aromatic heterocycles. The van der Waals surface area contributed by atoms with Crippen molar-refractivity contribution in [2.24, 2.45) is 0 Å². The summed E-state index contributed by atoms with van der Waals surface area (Å²) >= 11 is 3.36.